The fraction of sp³-hybridized carbons (Fsp3) is 0.630. The van der Waals surface area contributed by atoms with E-state index in [4.69, 9.17) is 35.6 Å². The predicted molar refractivity (Wildman–Crippen MR) is 153 cm³/mol. The molecule has 4 amide bonds. The lowest BCUT2D eigenvalue weighted by molar-refractivity contribution is -0.131. The molecule has 1 rings (SSSR count). The predicted octanol–water partition coefficient (Wildman–Crippen LogP) is 0.937. The standard InChI is InChI=1S/C27H39N4O6PS/c1-5-18-28-23(32)12-15-27(16-13-24(33)29-19-6-2,17-14-25(34)30-20-7-3)31-26(35)21-8-10-22(11-9-21)37-38(4,36)39/h1-3,21-22H,8-20H2,4H3,(H,28,32)(H,29,33)(H,30,34)(H,31,35)(H,36,39). The number of hydrogen-bond acceptors (Lipinski definition) is 6. The SMILES string of the molecule is C#CCNC(=O)CCC(CCC(=O)NCC#C)(CCC(=O)NCC#C)NC(=O)C1CCC(OP(C)(O)=S)CC1. The van der Waals surface area contributed by atoms with E-state index in [2.05, 4.69) is 39.0 Å². The summed E-state index contributed by atoms with van der Waals surface area (Å²) < 4.78 is 5.57. The van der Waals surface area contributed by atoms with Crippen LogP contribution in [0.2, 0.25) is 0 Å². The molecule has 1 unspecified atom stereocenters. The van der Waals surface area contributed by atoms with Gasteiger partial charge < -0.3 is 30.7 Å². The van der Waals surface area contributed by atoms with Crippen LogP contribution in [0.3, 0.4) is 0 Å². The van der Waals surface area contributed by atoms with Gasteiger partial charge in [0.25, 0.3) is 0 Å². The lowest BCUT2D eigenvalue weighted by Gasteiger charge is -2.37. The molecule has 214 valence electrons. The van der Waals surface area contributed by atoms with Crippen LogP contribution in [-0.4, -0.2) is 66.5 Å². The normalized spacial score (nSPS) is 18.2. The first-order chi connectivity index (χ1) is 18.4. The minimum Gasteiger partial charge on any atom is -0.350 e. The Morgan fingerprint density at radius 2 is 1.23 bits per heavy atom. The molecular weight excluding hydrogens is 539 g/mol. The van der Waals surface area contributed by atoms with Crippen molar-refractivity contribution in [2.75, 3.05) is 26.3 Å². The number of amides is 4. The number of carbonyl (C=O) groups is 4. The summed E-state index contributed by atoms with van der Waals surface area (Å²) in [6.45, 7) is -1.13. The molecule has 0 aromatic heterocycles. The Labute approximate surface area is 236 Å². The Morgan fingerprint density at radius 1 is 0.846 bits per heavy atom. The molecule has 1 aliphatic carbocycles. The fourth-order valence-electron chi connectivity index (χ4n) is 4.41. The smallest absolute Gasteiger partial charge is 0.223 e. The van der Waals surface area contributed by atoms with Crippen LogP contribution in [-0.2, 0) is 35.5 Å². The Hall–Kier alpha value is -2.87. The zero-order chi connectivity index (χ0) is 29.3. The number of terminal acetylenes is 3. The van der Waals surface area contributed by atoms with E-state index in [0.717, 1.165) is 0 Å². The van der Waals surface area contributed by atoms with Crippen LogP contribution in [0.15, 0.2) is 0 Å². The average Bonchev–Trinajstić information content (AvgIpc) is 2.89. The van der Waals surface area contributed by atoms with E-state index in [1.54, 1.807) is 0 Å². The minimum atomic E-state index is -2.81. The Balaban J connectivity index is 3.09. The maximum atomic E-state index is 13.5. The summed E-state index contributed by atoms with van der Waals surface area (Å²) in [5, 5.41) is 10.9. The molecule has 1 atom stereocenters. The number of nitrogens with one attached hydrogen (secondary N) is 4. The van der Waals surface area contributed by atoms with Gasteiger partial charge in [-0.1, -0.05) is 17.8 Å². The molecule has 5 N–H and O–H groups in total. The summed E-state index contributed by atoms with van der Waals surface area (Å²) in [5.41, 5.74) is -1.03. The van der Waals surface area contributed by atoms with Gasteiger partial charge in [-0.05, 0) is 56.8 Å². The molecule has 0 aromatic carbocycles. The van der Waals surface area contributed by atoms with Crippen LogP contribution in [0, 0.1) is 42.9 Å². The van der Waals surface area contributed by atoms with E-state index in [1.807, 2.05) is 0 Å². The van der Waals surface area contributed by atoms with Gasteiger partial charge in [-0.25, -0.2) is 0 Å². The summed E-state index contributed by atoms with van der Waals surface area (Å²) in [4.78, 5) is 60.5. The fourth-order valence-corrected chi connectivity index (χ4v) is 5.53. The molecule has 1 fully saturated rings. The number of hydrogen-bond donors (Lipinski definition) is 5. The van der Waals surface area contributed by atoms with E-state index in [9.17, 15) is 24.1 Å². The van der Waals surface area contributed by atoms with Gasteiger partial charge in [0.2, 0.25) is 23.6 Å². The lowest BCUT2D eigenvalue weighted by Crippen LogP contribution is -2.52. The van der Waals surface area contributed by atoms with E-state index in [-0.39, 0.29) is 93.8 Å². The van der Waals surface area contributed by atoms with Crippen molar-refractivity contribution in [1.82, 2.24) is 21.3 Å². The first kappa shape index (κ1) is 34.2. The highest BCUT2D eigenvalue weighted by atomic mass is 32.5. The molecule has 1 saturated carbocycles. The van der Waals surface area contributed by atoms with Crippen molar-refractivity contribution in [3.8, 4) is 37.0 Å². The molecule has 0 saturated heterocycles. The molecule has 0 aliphatic heterocycles. The average molecular weight is 579 g/mol. The highest BCUT2D eigenvalue weighted by Crippen LogP contribution is 2.42. The van der Waals surface area contributed by atoms with Crippen molar-refractivity contribution in [2.45, 2.75) is 75.9 Å². The highest BCUT2D eigenvalue weighted by Gasteiger charge is 2.37. The van der Waals surface area contributed by atoms with Crippen LogP contribution < -0.4 is 21.3 Å². The maximum absolute atomic E-state index is 13.5. The second kappa shape index (κ2) is 17.7. The van der Waals surface area contributed by atoms with Gasteiger partial charge in [0.05, 0.1) is 25.7 Å². The Morgan fingerprint density at radius 3 is 1.56 bits per heavy atom. The quantitative estimate of drug-likeness (QED) is 0.135. The van der Waals surface area contributed by atoms with Crippen LogP contribution in [0.5, 0.6) is 0 Å². The first-order valence-electron chi connectivity index (χ1n) is 12.8. The van der Waals surface area contributed by atoms with Crippen LogP contribution >= 0.6 is 6.49 Å². The van der Waals surface area contributed by atoms with Crippen molar-refractivity contribution in [2.24, 2.45) is 5.92 Å². The second-order valence-electron chi connectivity index (χ2n) is 9.59. The third-order valence-corrected chi connectivity index (χ3v) is 7.38. The van der Waals surface area contributed by atoms with E-state index < -0.39 is 12.0 Å². The molecule has 0 spiro atoms. The lowest BCUT2D eigenvalue weighted by atomic mass is 9.81. The summed E-state index contributed by atoms with van der Waals surface area (Å²) in [6.07, 6.45) is 18.3. The Kier molecular flexibility index (Phi) is 15.5. The van der Waals surface area contributed by atoms with Gasteiger partial charge in [0.1, 0.15) is 0 Å². The topological polar surface area (TPSA) is 146 Å². The van der Waals surface area contributed by atoms with Crippen LogP contribution in [0.25, 0.3) is 0 Å². The van der Waals surface area contributed by atoms with Crippen molar-refractivity contribution < 1.29 is 28.6 Å². The molecule has 10 nitrogen and oxygen atoms in total. The van der Waals surface area contributed by atoms with Crippen LogP contribution in [0.1, 0.15) is 64.2 Å². The number of carbonyl (C=O) groups excluding carboxylic acids is 4. The Bertz CT molecular complexity index is 947. The monoisotopic (exact) mass is 578 g/mol. The van der Waals surface area contributed by atoms with E-state index in [0.29, 0.717) is 25.7 Å². The molecular formula is C27H39N4O6PS. The summed E-state index contributed by atoms with van der Waals surface area (Å²) in [7, 11) is 0. The molecule has 12 heteroatoms. The van der Waals surface area contributed by atoms with Gasteiger partial charge >= 0.3 is 0 Å². The van der Waals surface area contributed by atoms with Gasteiger partial charge in [0, 0.05) is 37.4 Å². The van der Waals surface area contributed by atoms with Gasteiger partial charge in [-0.3, -0.25) is 19.2 Å². The van der Waals surface area contributed by atoms with Gasteiger partial charge in [-0.15, -0.1) is 19.3 Å². The molecule has 39 heavy (non-hydrogen) atoms. The largest absolute Gasteiger partial charge is 0.350 e. The highest BCUT2D eigenvalue weighted by molar-refractivity contribution is 8.09. The van der Waals surface area contributed by atoms with Crippen molar-refractivity contribution in [1.29, 1.82) is 0 Å². The maximum Gasteiger partial charge on any atom is 0.223 e. The third-order valence-electron chi connectivity index (χ3n) is 6.43. The first-order valence-corrected chi connectivity index (χ1v) is 16.0. The molecule has 0 radical (unpaired) electrons. The molecule has 1 aliphatic rings. The van der Waals surface area contributed by atoms with Crippen molar-refractivity contribution in [3.05, 3.63) is 0 Å². The zero-order valence-electron chi connectivity index (χ0n) is 22.4. The molecule has 0 aromatic rings. The third kappa shape index (κ3) is 14.7. The van der Waals surface area contributed by atoms with E-state index in [1.165, 1.54) is 6.66 Å². The zero-order valence-corrected chi connectivity index (χ0v) is 24.1. The van der Waals surface area contributed by atoms with Crippen molar-refractivity contribution in [3.63, 3.8) is 0 Å². The van der Waals surface area contributed by atoms with E-state index >= 15 is 0 Å². The van der Waals surface area contributed by atoms with Gasteiger partial charge in [-0.2, -0.15) is 0 Å². The minimum absolute atomic E-state index is 0.0259. The summed E-state index contributed by atoms with van der Waals surface area (Å²) >= 11 is 4.98. The molecule has 0 bridgehead atoms. The van der Waals surface area contributed by atoms with Crippen LogP contribution in [0.4, 0.5) is 0 Å². The van der Waals surface area contributed by atoms with Crippen molar-refractivity contribution >= 4 is 41.9 Å². The molecule has 0 heterocycles. The summed E-state index contributed by atoms with van der Waals surface area (Å²) in [6, 6.07) is 0. The van der Waals surface area contributed by atoms with Gasteiger partial charge in [0.15, 0.2) is 6.49 Å². The number of rotatable bonds is 16. The summed E-state index contributed by atoms with van der Waals surface area (Å²) in [5.74, 6) is 5.52. The second-order valence-corrected chi connectivity index (χ2v) is 13.4.